The van der Waals surface area contributed by atoms with Crippen molar-refractivity contribution in [2.45, 2.75) is 43.5 Å². The first kappa shape index (κ1) is 24.3. The smallest absolute Gasteiger partial charge is 0.340 e. The van der Waals surface area contributed by atoms with Crippen molar-refractivity contribution in [3.8, 4) is 0 Å². The number of hydrogen-bond donors (Lipinski definition) is 1. The number of rotatable bonds is 6. The Balaban J connectivity index is 1.69. The van der Waals surface area contributed by atoms with Crippen molar-refractivity contribution >= 4 is 45.1 Å². The number of carbonyl (C=O) groups is 2. The zero-order valence-electron chi connectivity index (χ0n) is 17.2. The molecule has 1 N–H and O–H groups in total. The average Bonchev–Trinajstić information content (AvgIpc) is 2.74. The van der Waals surface area contributed by atoms with Gasteiger partial charge in [-0.05, 0) is 30.9 Å². The molecule has 3 rings (SSSR count). The summed E-state index contributed by atoms with van der Waals surface area (Å²) in [6, 6.07) is 2.35. The molecule has 172 valence electrons. The van der Waals surface area contributed by atoms with Gasteiger partial charge in [-0.1, -0.05) is 43.0 Å². The second-order valence-electron chi connectivity index (χ2n) is 7.79. The number of halogens is 2. The van der Waals surface area contributed by atoms with Crippen LogP contribution in [0.2, 0.25) is 10.0 Å². The number of sulfonamides is 1. The first-order valence-corrected chi connectivity index (χ1v) is 12.4. The number of benzene rings is 1. The molecule has 0 radical (unpaired) electrons. The average molecular weight is 493 g/mol. The van der Waals surface area contributed by atoms with Crippen LogP contribution in [-0.2, 0) is 24.3 Å². The highest BCUT2D eigenvalue weighted by atomic mass is 35.5. The Morgan fingerprint density at radius 1 is 1.16 bits per heavy atom. The van der Waals surface area contributed by atoms with E-state index in [9.17, 15) is 18.0 Å². The molecule has 0 aromatic heterocycles. The Labute approximate surface area is 192 Å². The topological polar surface area (TPSA) is 102 Å². The Bertz CT molecular complexity index is 934. The fourth-order valence-electron chi connectivity index (χ4n) is 3.80. The van der Waals surface area contributed by atoms with Crippen molar-refractivity contribution in [1.29, 1.82) is 0 Å². The minimum Gasteiger partial charge on any atom is -0.452 e. The van der Waals surface area contributed by atoms with Gasteiger partial charge >= 0.3 is 5.97 Å². The summed E-state index contributed by atoms with van der Waals surface area (Å²) in [7, 11) is -3.95. The van der Waals surface area contributed by atoms with Gasteiger partial charge in [-0.15, -0.1) is 0 Å². The molecule has 0 unspecified atom stereocenters. The Hall–Kier alpha value is -1.39. The molecular formula is C20H26Cl2N2O6S. The summed E-state index contributed by atoms with van der Waals surface area (Å²) >= 11 is 12.2. The van der Waals surface area contributed by atoms with E-state index >= 15 is 0 Å². The molecule has 0 bridgehead atoms. The largest absolute Gasteiger partial charge is 0.452 e. The first-order valence-electron chi connectivity index (χ1n) is 10.2. The van der Waals surface area contributed by atoms with E-state index in [4.69, 9.17) is 32.7 Å². The third-order valence-electron chi connectivity index (χ3n) is 5.62. The van der Waals surface area contributed by atoms with Gasteiger partial charge in [0.1, 0.15) is 4.90 Å². The van der Waals surface area contributed by atoms with Crippen LogP contribution in [-0.4, -0.2) is 63.6 Å². The third-order valence-corrected chi connectivity index (χ3v) is 8.30. The zero-order valence-corrected chi connectivity index (χ0v) is 19.6. The SMILES string of the molecule is C[C@@H]1CCCC[C@H]1NC(=O)COC(=O)c1cc(S(=O)(=O)N2CCOCC2)c(Cl)cc1Cl. The Morgan fingerprint density at radius 3 is 2.52 bits per heavy atom. The standard InChI is InChI=1S/C20H26Cl2N2O6S/c1-13-4-2-3-5-17(13)23-19(25)12-30-20(26)14-10-18(16(22)11-15(14)21)31(27,28)24-6-8-29-9-7-24/h10-11,13,17H,2-9,12H2,1H3,(H,23,25)/t13-,17-/m1/s1. The van der Waals surface area contributed by atoms with Crippen molar-refractivity contribution in [2.24, 2.45) is 5.92 Å². The lowest BCUT2D eigenvalue weighted by molar-refractivity contribution is -0.125. The molecule has 0 spiro atoms. The van der Waals surface area contributed by atoms with Gasteiger partial charge < -0.3 is 14.8 Å². The molecule has 1 aliphatic heterocycles. The second kappa shape index (κ2) is 10.5. The van der Waals surface area contributed by atoms with Crippen molar-refractivity contribution in [1.82, 2.24) is 9.62 Å². The number of morpholine rings is 1. The van der Waals surface area contributed by atoms with Gasteiger partial charge in [-0.25, -0.2) is 13.2 Å². The van der Waals surface area contributed by atoms with E-state index in [2.05, 4.69) is 12.2 Å². The van der Waals surface area contributed by atoms with Crippen LogP contribution in [0.3, 0.4) is 0 Å². The first-order chi connectivity index (χ1) is 14.7. The van der Waals surface area contributed by atoms with E-state index < -0.39 is 28.5 Å². The maximum atomic E-state index is 12.9. The number of hydrogen-bond acceptors (Lipinski definition) is 6. The van der Waals surface area contributed by atoms with Gasteiger partial charge in [-0.2, -0.15) is 4.31 Å². The number of esters is 1. The summed E-state index contributed by atoms with van der Waals surface area (Å²) in [5.74, 6) is -0.933. The molecule has 31 heavy (non-hydrogen) atoms. The highest BCUT2D eigenvalue weighted by Gasteiger charge is 2.30. The molecule has 2 aliphatic rings. The molecule has 11 heteroatoms. The molecule has 1 amide bonds. The lowest BCUT2D eigenvalue weighted by Crippen LogP contribution is -2.42. The summed E-state index contributed by atoms with van der Waals surface area (Å²) < 4.78 is 37.4. The van der Waals surface area contributed by atoms with Crippen LogP contribution < -0.4 is 5.32 Å². The van der Waals surface area contributed by atoms with Crippen LogP contribution in [0.5, 0.6) is 0 Å². The van der Waals surface area contributed by atoms with Gasteiger partial charge in [0.05, 0.1) is 28.8 Å². The maximum Gasteiger partial charge on any atom is 0.340 e. The van der Waals surface area contributed by atoms with Crippen LogP contribution in [0.25, 0.3) is 0 Å². The van der Waals surface area contributed by atoms with Crippen molar-refractivity contribution < 1.29 is 27.5 Å². The van der Waals surface area contributed by atoms with Gasteiger partial charge in [0.25, 0.3) is 5.91 Å². The summed E-state index contributed by atoms with van der Waals surface area (Å²) in [6.07, 6.45) is 4.14. The van der Waals surface area contributed by atoms with Crippen LogP contribution in [0.4, 0.5) is 0 Å². The molecule has 1 aromatic carbocycles. The second-order valence-corrected chi connectivity index (χ2v) is 10.5. The van der Waals surface area contributed by atoms with Gasteiger partial charge in [0.15, 0.2) is 6.61 Å². The number of carbonyl (C=O) groups excluding carboxylic acids is 2. The van der Waals surface area contributed by atoms with E-state index in [0.29, 0.717) is 5.92 Å². The molecule has 1 saturated heterocycles. The van der Waals surface area contributed by atoms with Crippen LogP contribution >= 0.6 is 23.2 Å². The van der Waals surface area contributed by atoms with Gasteiger partial charge in [-0.3, -0.25) is 4.79 Å². The fourth-order valence-corrected chi connectivity index (χ4v) is 6.03. The zero-order chi connectivity index (χ0) is 22.6. The van der Waals surface area contributed by atoms with E-state index in [0.717, 1.165) is 31.7 Å². The van der Waals surface area contributed by atoms with Crippen molar-refractivity contribution in [2.75, 3.05) is 32.9 Å². The number of nitrogens with zero attached hydrogens (tertiary/aromatic N) is 1. The lowest BCUT2D eigenvalue weighted by atomic mass is 9.86. The molecule has 2 fully saturated rings. The molecule has 1 heterocycles. The molecule has 8 nitrogen and oxygen atoms in total. The van der Waals surface area contributed by atoms with E-state index in [1.807, 2.05) is 0 Å². The third kappa shape index (κ3) is 5.90. The molecule has 1 saturated carbocycles. The van der Waals surface area contributed by atoms with Crippen molar-refractivity contribution in [3.05, 3.63) is 27.7 Å². The quantitative estimate of drug-likeness (QED) is 0.612. The fraction of sp³-hybridized carbons (Fsp3) is 0.600. The molecular weight excluding hydrogens is 467 g/mol. The summed E-state index contributed by atoms with van der Waals surface area (Å²) in [6.45, 7) is 2.51. The van der Waals surface area contributed by atoms with Gasteiger partial charge in [0.2, 0.25) is 10.0 Å². The Kier molecular flexibility index (Phi) is 8.20. The van der Waals surface area contributed by atoms with Crippen LogP contribution in [0, 0.1) is 5.92 Å². The minimum atomic E-state index is -3.95. The molecule has 2 atom stereocenters. The minimum absolute atomic E-state index is 0.0581. The monoisotopic (exact) mass is 492 g/mol. The number of nitrogens with one attached hydrogen (secondary N) is 1. The lowest BCUT2D eigenvalue weighted by Gasteiger charge is -2.29. The highest BCUT2D eigenvalue weighted by Crippen LogP contribution is 2.31. The Morgan fingerprint density at radius 2 is 1.84 bits per heavy atom. The van der Waals surface area contributed by atoms with E-state index in [-0.39, 0.29) is 52.8 Å². The molecule has 1 aliphatic carbocycles. The summed E-state index contributed by atoms with van der Waals surface area (Å²) in [5.41, 5.74) is -0.170. The normalized spacial score (nSPS) is 22.7. The van der Waals surface area contributed by atoms with E-state index in [1.54, 1.807) is 0 Å². The number of amides is 1. The van der Waals surface area contributed by atoms with E-state index in [1.165, 1.54) is 10.4 Å². The highest BCUT2D eigenvalue weighted by molar-refractivity contribution is 7.89. The van der Waals surface area contributed by atoms with Crippen molar-refractivity contribution in [3.63, 3.8) is 0 Å². The molecule has 1 aromatic rings. The van der Waals surface area contributed by atoms with Crippen LogP contribution in [0.1, 0.15) is 43.0 Å². The predicted octanol–water partition coefficient (Wildman–Crippen LogP) is 2.87. The summed E-state index contributed by atoms with van der Waals surface area (Å²) in [4.78, 5) is 24.5. The predicted molar refractivity (Wildman–Crippen MR) is 116 cm³/mol. The van der Waals surface area contributed by atoms with Crippen LogP contribution in [0.15, 0.2) is 17.0 Å². The number of ether oxygens (including phenoxy) is 2. The summed E-state index contributed by atoms with van der Waals surface area (Å²) in [5, 5.41) is 2.74. The maximum absolute atomic E-state index is 12.9. The van der Waals surface area contributed by atoms with Gasteiger partial charge in [0, 0.05) is 19.1 Å².